The van der Waals surface area contributed by atoms with E-state index in [4.69, 9.17) is 9.47 Å². The molecule has 0 bridgehead atoms. The number of hydrogen-bond acceptors (Lipinski definition) is 3. The Morgan fingerprint density at radius 2 is 1.77 bits per heavy atom. The van der Waals surface area contributed by atoms with Crippen molar-refractivity contribution in [3.8, 4) is 11.5 Å². The molecule has 0 aliphatic carbocycles. The van der Waals surface area contributed by atoms with Crippen LogP contribution in [0.15, 0.2) is 16.6 Å². The Morgan fingerprint density at radius 3 is 2.45 bits per heavy atom. The highest BCUT2D eigenvalue weighted by molar-refractivity contribution is 9.10. The molecule has 0 aliphatic heterocycles. The van der Waals surface area contributed by atoms with Crippen LogP contribution >= 0.6 is 15.9 Å². The molecule has 4 heteroatoms. The summed E-state index contributed by atoms with van der Waals surface area (Å²) in [4.78, 5) is 0. The van der Waals surface area contributed by atoms with Crippen molar-refractivity contribution in [2.75, 3.05) is 20.3 Å². The standard InChI is InChI=1S/C18H30BrNO2/c1-4-6-7-8-9-10-20-14-15-12-17(21-3)18(13-16(15)19)22-11-5-2/h12-13,20H,4-11,14H2,1-3H3. The normalized spacial score (nSPS) is 10.7. The monoisotopic (exact) mass is 371 g/mol. The van der Waals surface area contributed by atoms with E-state index in [9.17, 15) is 0 Å². The predicted octanol–water partition coefficient (Wildman–Crippen LogP) is 5.31. The van der Waals surface area contributed by atoms with E-state index in [1.807, 2.05) is 6.07 Å². The molecule has 0 saturated heterocycles. The molecular weight excluding hydrogens is 342 g/mol. The number of nitrogens with one attached hydrogen (secondary N) is 1. The molecule has 0 unspecified atom stereocenters. The van der Waals surface area contributed by atoms with Gasteiger partial charge in [0, 0.05) is 11.0 Å². The van der Waals surface area contributed by atoms with Gasteiger partial charge in [0.25, 0.3) is 0 Å². The van der Waals surface area contributed by atoms with E-state index in [1.165, 1.54) is 37.7 Å². The van der Waals surface area contributed by atoms with Gasteiger partial charge in [-0.3, -0.25) is 0 Å². The third kappa shape index (κ3) is 7.01. The van der Waals surface area contributed by atoms with Gasteiger partial charge in [-0.05, 0) is 37.1 Å². The molecule has 0 fully saturated rings. The SMILES string of the molecule is CCCCCCCNCc1cc(OC)c(OCCC)cc1Br. The summed E-state index contributed by atoms with van der Waals surface area (Å²) in [6.45, 7) is 6.96. The zero-order chi connectivity index (χ0) is 16.2. The fourth-order valence-electron chi connectivity index (χ4n) is 2.27. The van der Waals surface area contributed by atoms with Gasteiger partial charge in [-0.15, -0.1) is 0 Å². The van der Waals surface area contributed by atoms with Crippen molar-refractivity contribution < 1.29 is 9.47 Å². The zero-order valence-electron chi connectivity index (χ0n) is 14.2. The number of hydrogen-bond donors (Lipinski definition) is 1. The molecule has 1 N–H and O–H groups in total. The second-order valence-corrected chi connectivity index (χ2v) is 6.39. The lowest BCUT2D eigenvalue weighted by atomic mass is 10.1. The molecule has 1 rings (SSSR count). The minimum absolute atomic E-state index is 0.707. The second-order valence-electron chi connectivity index (χ2n) is 5.53. The number of unbranched alkanes of at least 4 members (excludes halogenated alkanes) is 4. The van der Waals surface area contributed by atoms with Crippen LogP contribution < -0.4 is 14.8 Å². The first-order chi connectivity index (χ1) is 10.7. The molecule has 0 radical (unpaired) electrons. The Balaban J connectivity index is 2.46. The van der Waals surface area contributed by atoms with Crippen molar-refractivity contribution in [2.45, 2.75) is 58.9 Å². The fourth-order valence-corrected chi connectivity index (χ4v) is 2.74. The van der Waals surface area contributed by atoms with Crippen LogP contribution in [0.2, 0.25) is 0 Å². The average molecular weight is 372 g/mol. The van der Waals surface area contributed by atoms with E-state index in [-0.39, 0.29) is 0 Å². The van der Waals surface area contributed by atoms with Gasteiger partial charge >= 0.3 is 0 Å². The van der Waals surface area contributed by atoms with Crippen LogP contribution in [0.3, 0.4) is 0 Å². The molecule has 0 aromatic heterocycles. The molecular formula is C18H30BrNO2. The van der Waals surface area contributed by atoms with Crippen molar-refractivity contribution in [3.05, 3.63) is 22.2 Å². The van der Waals surface area contributed by atoms with E-state index in [0.717, 1.165) is 35.5 Å². The molecule has 1 aromatic carbocycles. The summed E-state index contributed by atoms with van der Waals surface area (Å²) >= 11 is 3.63. The van der Waals surface area contributed by atoms with Crippen LogP contribution in [0.25, 0.3) is 0 Å². The number of rotatable bonds is 12. The number of ether oxygens (including phenoxy) is 2. The van der Waals surface area contributed by atoms with Crippen molar-refractivity contribution >= 4 is 15.9 Å². The van der Waals surface area contributed by atoms with Crippen LogP contribution in [-0.4, -0.2) is 20.3 Å². The van der Waals surface area contributed by atoms with Gasteiger partial charge in [0.1, 0.15) is 0 Å². The second kappa shape index (κ2) is 11.8. The number of methoxy groups -OCH3 is 1. The summed E-state index contributed by atoms with van der Waals surface area (Å²) in [5.74, 6) is 1.61. The lowest BCUT2D eigenvalue weighted by Crippen LogP contribution is -2.15. The fraction of sp³-hybridized carbons (Fsp3) is 0.667. The lowest BCUT2D eigenvalue weighted by molar-refractivity contribution is 0.294. The molecule has 1 aromatic rings. The highest BCUT2D eigenvalue weighted by atomic mass is 79.9. The van der Waals surface area contributed by atoms with E-state index in [1.54, 1.807) is 7.11 Å². The molecule has 0 saturated carbocycles. The van der Waals surface area contributed by atoms with Gasteiger partial charge in [-0.1, -0.05) is 55.5 Å². The van der Waals surface area contributed by atoms with E-state index >= 15 is 0 Å². The first kappa shape index (κ1) is 19.3. The maximum atomic E-state index is 5.72. The van der Waals surface area contributed by atoms with Crippen molar-refractivity contribution in [3.63, 3.8) is 0 Å². The van der Waals surface area contributed by atoms with Crippen LogP contribution in [-0.2, 0) is 6.54 Å². The summed E-state index contributed by atoms with van der Waals surface area (Å²) in [6.07, 6.45) is 7.54. The Morgan fingerprint density at radius 1 is 1.00 bits per heavy atom. The Hall–Kier alpha value is -0.740. The summed E-state index contributed by atoms with van der Waals surface area (Å²) in [6, 6.07) is 4.06. The highest BCUT2D eigenvalue weighted by Crippen LogP contribution is 2.33. The van der Waals surface area contributed by atoms with E-state index in [2.05, 4.69) is 41.2 Å². The molecule has 0 heterocycles. The van der Waals surface area contributed by atoms with Gasteiger partial charge in [0.2, 0.25) is 0 Å². The summed E-state index contributed by atoms with van der Waals surface area (Å²) in [5, 5.41) is 3.51. The average Bonchev–Trinajstić information content (AvgIpc) is 2.53. The Labute approximate surface area is 143 Å². The van der Waals surface area contributed by atoms with Gasteiger partial charge < -0.3 is 14.8 Å². The third-order valence-electron chi connectivity index (χ3n) is 3.57. The first-order valence-corrected chi connectivity index (χ1v) is 9.22. The Bertz CT molecular complexity index is 424. The van der Waals surface area contributed by atoms with Gasteiger partial charge in [0.15, 0.2) is 11.5 Å². The number of halogens is 1. The summed E-state index contributed by atoms with van der Waals surface area (Å²) < 4.78 is 12.2. The molecule has 22 heavy (non-hydrogen) atoms. The smallest absolute Gasteiger partial charge is 0.162 e. The Kier molecular flexibility index (Phi) is 10.3. The molecule has 0 aliphatic rings. The predicted molar refractivity (Wildman–Crippen MR) is 96.9 cm³/mol. The molecule has 3 nitrogen and oxygen atoms in total. The molecule has 126 valence electrons. The minimum atomic E-state index is 0.707. The topological polar surface area (TPSA) is 30.5 Å². The number of benzene rings is 1. The minimum Gasteiger partial charge on any atom is -0.493 e. The largest absolute Gasteiger partial charge is 0.493 e. The van der Waals surface area contributed by atoms with Gasteiger partial charge in [0.05, 0.1) is 13.7 Å². The van der Waals surface area contributed by atoms with Crippen LogP contribution in [0, 0.1) is 0 Å². The third-order valence-corrected chi connectivity index (χ3v) is 4.31. The quantitative estimate of drug-likeness (QED) is 0.505. The van der Waals surface area contributed by atoms with Crippen LogP contribution in [0.4, 0.5) is 0 Å². The van der Waals surface area contributed by atoms with Crippen LogP contribution in [0.5, 0.6) is 11.5 Å². The summed E-state index contributed by atoms with van der Waals surface area (Å²) in [5.41, 5.74) is 1.20. The molecule has 0 atom stereocenters. The molecule has 0 amide bonds. The first-order valence-electron chi connectivity index (χ1n) is 8.42. The summed E-state index contributed by atoms with van der Waals surface area (Å²) in [7, 11) is 1.69. The van der Waals surface area contributed by atoms with Gasteiger partial charge in [-0.2, -0.15) is 0 Å². The maximum Gasteiger partial charge on any atom is 0.162 e. The van der Waals surface area contributed by atoms with Crippen molar-refractivity contribution in [1.82, 2.24) is 5.32 Å². The molecule has 0 spiro atoms. The lowest BCUT2D eigenvalue weighted by Gasteiger charge is -2.14. The maximum absolute atomic E-state index is 5.72. The van der Waals surface area contributed by atoms with E-state index in [0.29, 0.717) is 6.61 Å². The zero-order valence-corrected chi connectivity index (χ0v) is 15.8. The van der Waals surface area contributed by atoms with E-state index < -0.39 is 0 Å². The highest BCUT2D eigenvalue weighted by Gasteiger charge is 2.10. The van der Waals surface area contributed by atoms with Crippen molar-refractivity contribution in [1.29, 1.82) is 0 Å². The van der Waals surface area contributed by atoms with Crippen molar-refractivity contribution in [2.24, 2.45) is 0 Å². The van der Waals surface area contributed by atoms with Crippen LogP contribution in [0.1, 0.15) is 57.9 Å². The van der Waals surface area contributed by atoms with Gasteiger partial charge in [-0.25, -0.2) is 0 Å².